The molecule has 1 atom stereocenters. The molecule has 0 fully saturated rings. The van der Waals surface area contributed by atoms with Crippen LogP contribution in [0.4, 0.5) is 0 Å². The number of unbranched alkanes of at least 4 members (excludes halogenated alkanes) is 1. The molecule has 0 N–H and O–H groups in total. The van der Waals surface area contributed by atoms with Gasteiger partial charge in [0.1, 0.15) is 5.75 Å². The highest BCUT2D eigenvalue weighted by Gasteiger charge is 2.09. The number of ketones is 1. The SMILES string of the molecule is CCCCOc1ccc(C(=O)CC(C)CC)cc1. The summed E-state index contributed by atoms with van der Waals surface area (Å²) in [5.74, 6) is 1.53. The van der Waals surface area contributed by atoms with Crippen molar-refractivity contribution < 1.29 is 9.53 Å². The summed E-state index contributed by atoms with van der Waals surface area (Å²) in [5, 5.41) is 0. The summed E-state index contributed by atoms with van der Waals surface area (Å²) >= 11 is 0. The largest absolute Gasteiger partial charge is 0.494 e. The lowest BCUT2D eigenvalue weighted by Crippen LogP contribution is -2.05. The van der Waals surface area contributed by atoms with Crippen molar-refractivity contribution in [2.45, 2.75) is 46.5 Å². The fourth-order valence-corrected chi connectivity index (χ4v) is 1.65. The van der Waals surface area contributed by atoms with Crippen molar-refractivity contribution in [1.29, 1.82) is 0 Å². The molecule has 1 unspecified atom stereocenters. The van der Waals surface area contributed by atoms with Gasteiger partial charge in [0.2, 0.25) is 0 Å². The highest BCUT2D eigenvalue weighted by Crippen LogP contribution is 2.16. The number of benzene rings is 1. The van der Waals surface area contributed by atoms with Crippen LogP contribution in [0.15, 0.2) is 24.3 Å². The number of rotatable bonds is 8. The molecule has 18 heavy (non-hydrogen) atoms. The zero-order chi connectivity index (χ0) is 13.4. The van der Waals surface area contributed by atoms with Gasteiger partial charge in [-0.2, -0.15) is 0 Å². The molecule has 0 heterocycles. The van der Waals surface area contributed by atoms with Gasteiger partial charge in [0.15, 0.2) is 5.78 Å². The molecule has 100 valence electrons. The molecule has 1 aromatic rings. The Bertz CT molecular complexity index is 354. The molecule has 0 aliphatic heterocycles. The molecule has 0 bridgehead atoms. The molecular formula is C16H24O2. The molecule has 1 aromatic carbocycles. The second-order valence-corrected chi connectivity index (χ2v) is 4.87. The van der Waals surface area contributed by atoms with Crippen molar-refractivity contribution in [2.75, 3.05) is 6.61 Å². The van der Waals surface area contributed by atoms with Crippen molar-refractivity contribution in [3.63, 3.8) is 0 Å². The van der Waals surface area contributed by atoms with Crippen LogP contribution in [0.5, 0.6) is 5.75 Å². The number of carbonyl (C=O) groups is 1. The van der Waals surface area contributed by atoms with Gasteiger partial charge in [0.25, 0.3) is 0 Å². The topological polar surface area (TPSA) is 26.3 Å². The fourth-order valence-electron chi connectivity index (χ4n) is 1.65. The molecular weight excluding hydrogens is 224 g/mol. The van der Waals surface area contributed by atoms with E-state index in [0.717, 1.165) is 37.2 Å². The number of hydrogen-bond acceptors (Lipinski definition) is 2. The van der Waals surface area contributed by atoms with Crippen molar-refractivity contribution in [3.05, 3.63) is 29.8 Å². The number of Topliss-reactive ketones (excluding diaryl/α,β-unsaturated/α-hetero) is 1. The normalized spacial score (nSPS) is 12.2. The maximum Gasteiger partial charge on any atom is 0.163 e. The Kier molecular flexibility index (Phi) is 6.48. The van der Waals surface area contributed by atoms with Gasteiger partial charge in [0, 0.05) is 12.0 Å². The van der Waals surface area contributed by atoms with Crippen molar-refractivity contribution >= 4 is 5.78 Å². The van der Waals surface area contributed by atoms with E-state index in [1.165, 1.54) is 0 Å². The summed E-state index contributed by atoms with van der Waals surface area (Å²) in [6.07, 6.45) is 3.87. The molecule has 0 aliphatic rings. The standard InChI is InChI=1S/C16H24O2/c1-4-6-11-18-15-9-7-14(8-10-15)16(17)12-13(3)5-2/h7-10,13H,4-6,11-12H2,1-3H3. The molecule has 0 amide bonds. The van der Waals surface area contributed by atoms with Gasteiger partial charge < -0.3 is 4.74 Å². The highest BCUT2D eigenvalue weighted by atomic mass is 16.5. The third kappa shape index (κ3) is 4.91. The van der Waals surface area contributed by atoms with Gasteiger partial charge in [-0.25, -0.2) is 0 Å². The highest BCUT2D eigenvalue weighted by molar-refractivity contribution is 5.96. The molecule has 1 rings (SSSR count). The minimum atomic E-state index is 0.226. The van der Waals surface area contributed by atoms with E-state index in [1.807, 2.05) is 24.3 Å². The fraction of sp³-hybridized carbons (Fsp3) is 0.562. The van der Waals surface area contributed by atoms with Gasteiger partial charge in [0.05, 0.1) is 6.61 Å². The van der Waals surface area contributed by atoms with E-state index in [4.69, 9.17) is 4.74 Å². The molecule has 0 aliphatic carbocycles. The molecule has 2 heteroatoms. The van der Waals surface area contributed by atoms with E-state index < -0.39 is 0 Å². The lowest BCUT2D eigenvalue weighted by molar-refractivity contribution is 0.0963. The number of carbonyl (C=O) groups excluding carboxylic acids is 1. The van der Waals surface area contributed by atoms with Gasteiger partial charge in [-0.15, -0.1) is 0 Å². The summed E-state index contributed by atoms with van der Waals surface area (Å²) in [4.78, 5) is 11.9. The van der Waals surface area contributed by atoms with Crippen LogP contribution in [0.1, 0.15) is 56.8 Å². The third-order valence-corrected chi connectivity index (χ3v) is 3.17. The Hall–Kier alpha value is -1.31. The Morgan fingerprint density at radius 1 is 1.22 bits per heavy atom. The van der Waals surface area contributed by atoms with E-state index in [1.54, 1.807) is 0 Å². The lowest BCUT2D eigenvalue weighted by Gasteiger charge is -2.08. The van der Waals surface area contributed by atoms with Crippen LogP contribution in [-0.4, -0.2) is 12.4 Å². The number of hydrogen-bond donors (Lipinski definition) is 0. The quantitative estimate of drug-likeness (QED) is 0.500. The van der Waals surface area contributed by atoms with Crippen LogP contribution in [0.2, 0.25) is 0 Å². The van der Waals surface area contributed by atoms with Crippen molar-refractivity contribution in [3.8, 4) is 5.75 Å². The summed E-state index contributed by atoms with van der Waals surface area (Å²) in [5.41, 5.74) is 0.790. The first-order valence-corrected chi connectivity index (χ1v) is 6.93. The third-order valence-electron chi connectivity index (χ3n) is 3.17. The molecule has 0 saturated carbocycles. The van der Waals surface area contributed by atoms with Crippen molar-refractivity contribution in [1.82, 2.24) is 0 Å². The summed E-state index contributed by atoms with van der Waals surface area (Å²) in [7, 11) is 0. The molecule has 0 spiro atoms. The summed E-state index contributed by atoms with van der Waals surface area (Å²) in [6.45, 7) is 7.11. The van der Waals surface area contributed by atoms with E-state index in [9.17, 15) is 4.79 Å². The van der Waals surface area contributed by atoms with E-state index in [-0.39, 0.29) is 5.78 Å². The first kappa shape index (κ1) is 14.7. The van der Waals surface area contributed by atoms with Crippen LogP contribution in [0, 0.1) is 5.92 Å². The monoisotopic (exact) mass is 248 g/mol. The number of ether oxygens (including phenoxy) is 1. The van der Waals surface area contributed by atoms with Crippen molar-refractivity contribution in [2.24, 2.45) is 5.92 Å². The smallest absolute Gasteiger partial charge is 0.163 e. The lowest BCUT2D eigenvalue weighted by atomic mass is 9.98. The first-order chi connectivity index (χ1) is 8.67. The minimum Gasteiger partial charge on any atom is -0.494 e. The Morgan fingerprint density at radius 2 is 1.89 bits per heavy atom. The Labute approximate surface area is 110 Å². The van der Waals surface area contributed by atoms with Crippen LogP contribution in [0.3, 0.4) is 0 Å². The Morgan fingerprint density at radius 3 is 2.44 bits per heavy atom. The summed E-state index contributed by atoms with van der Waals surface area (Å²) in [6, 6.07) is 7.51. The molecule has 2 nitrogen and oxygen atoms in total. The maximum absolute atomic E-state index is 11.9. The van der Waals surface area contributed by atoms with Crippen LogP contribution in [-0.2, 0) is 0 Å². The zero-order valence-electron chi connectivity index (χ0n) is 11.7. The maximum atomic E-state index is 11.9. The van der Waals surface area contributed by atoms with Gasteiger partial charge >= 0.3 is 0 Å². The van der Waals surface area contributed by atoms with Crippen LogP contribution >= 0.6 is 0 Å². The second-order valence-electron chi connectivity index (χ2n) is 4.87. The molecule has 0 radical (unpaired) electrons. The predicted molar refractivity (Wildman–Crippen MR) is 75.2 cm³/mol. The van der Waals surface area contributed by atoms with E-state index in [2.05, 4.69) is 20.8 Å². The first-order valence-electron chi connectivity index (χ1n) is 6.93. The van der Waals surface area contributed by atoms with Crippen LogP contribution < -0.4 is 4.74 Å². The minimum absolute atomic E-state index is 0.226. The second kappa shape index (κ2) is 7.91. The predicted octanol–water partition coefficient (Wildman–Crippen LogP) is 4.48. The van der Waals surface area contributed by atoms with E-state index in [0.29, 0.717) is 12.3 Å². The van der Waals surface area contributed by atoms with Gasteiger partial charge in [-0.1, -0.05) is 33.6 Å². The Balaban J connectivity index is 2.51. The van der Waals surface area contributed by atoms with Gasteiger partial charge in [-0.3, -0.25) is 4.79 Å². The average Bonchev–Trinajstić information content (AvgIpc) is 2.39. The average molecular weight is 248 g/mol. The van der Waals surface area contributed by atoms with Gasteiger partial charge in [-0.05, 0) is 36.6 Å². The van der Waals surface area contributed by atoms with Crippen LogP contribution in [0.25, 0.3) is 0 Å². The summed E-state index contributed by atoms with van der Waals surface area (Å²) < 4.78 is 5.57. The van der Waals surface area contributed by atoms with E-state index >= 15 is 0 Å². The molecule has 0 saturated heterocycles. The zero-order valence-corrected chi connectivity index (χ0v) is 11.7. The molecule has 0 aromatic heterocycles.